The maximum Gasteiger partial charge on any atom is 0.138 e. The van der Waals surface area contributed by atoms with E-state index in [0.29, 0.717) is 6.04 Å². The zero-order valence-corrected chi connectivity index (χ0v) is 14.3. The molecular formula is C18H24N2O3. The summed E-state index contributed by atoms with van der Waals surface area (Å²) >= 11 is 0. The van der Waals surface area contributed by atoms with Crippen LogP contribution in [0.5, 0.6) is 11.5 Å². The molecule has 124 valence electrons. The van der Waals surface area contributed by atoms with Crippen molar-refractivity contribution in [1.29, 1.82) is 0 Å². The van der Waals surface area contributed by atoms with E-state index in [-0.39, 0.29) is 0 Å². The van der Waals surface area contributed by atoms with Crippen molar-refractivity contribution in [3.63, 3.8) is 0 Å². The van der Waals surface area contributed by atoms with E-state index in [1.807, 2.05) is 26.0 Å². The van der Waals surface area contributed by atoms with Crippen LogP contribution in [0.2, 0.25) is 0 Å². The van der Waals surface area contributed by atoms with E-state index in [1.165, 1.54) is 17.5 Å². The molecule has 1 aromatic heterocycles. The standard InChI is InChI=1S/C18H24N2O3/c1-12-16(13(2)23-19-12)11-20-9-5-6-17(20)15-8-7-14(21-3)10-18(15)22-4/h7-8,10,17H,5-6,9,11H2,1-4H3. The van der Waals surface area contributed by atoms with Crippen molar-refractivity contribution in [2.24, 2.45) is 0 Å². The molecule has 1 unspecified atom stereocenters. The topological polar surface area (TPSA) is 47.7 Å². The van der Waals surface area contributed by atoms with Crippen LogP contribution in [0.15, 0.2) is 22.7 Å². The summed E-state index contributed by atoms with van der Waals surface area (Å²) in [6.07, 6.45) is 2.31. The second-order valence-corrected chi connectivity index (χ2v) is 6.04. The van der Waals surface area contributed by atoms with Crippen LogP contribution in [0.4, 0.5) is 0 Å². The van der Waals surface area contributed by atoms with E-state index in [2.05, 4.69) is 16.1 Å². The SMILES string of the molecule is COc1ccc(C2CCCN2Cc2c(C)noc2C)c(OC)c1. The Balaban J connectivity index is 1.87. The summed E-state index contributed by atoms with van der Waals surface area (Å²) in [5.74, 6) is 2.62. The number of ether oxygens (including phenoxy) is 2. The van der Waals surface area contributed by atoms with Crippen molar-refractivity contribution in [3.05, 3.63) is 40.8 Å². The number of methoxy groups -OCH3 is 2. The lowest BCUT2D eigenvalue weighted by atomic mass is 10.0. The first-order chi connectivity index (χ1) is 11.1. The van der Waals surface area contributed by atoms with Gasteiger partial charge in [0.15, 0.2) is 0 Å². The molecule has 0 saturated carbocycles. The number of hydrogen-bond acceptors (Lipinski definition) is 5. The molecule has 1 saturated heterocycles. The Kier molecular flexibility index (Phi) is 4.57. The number of aromatic nitrogens is 1. The summed E-state index contributed by atoms with van der Waals surface area (Å²) in [6, 6.07) is 6.43. The molecule has 1 aromatic carbocycles. The van der Waals surface area contributed by atoms with Crippen LogP contribution in [0.3, 0.4) is 0 Å². The molecule has 1 fully saturated rings. The predicted octanol–water partition coefficient (Wildman–Crippen LogP) is 3.65. The van der Waals surface area contributed by atoms with Gasteiger partial charge in [-0.15, -0.1) is 0 Å². The van der Waals surface area contributed by atoms with E-state index in [9.17, 15) is 0 Å². The summed E-state index contributed by atoms with van der Waals surface area (Å²) in [4.78, 5) is 2.48. The molecule has 1 aliphatic heterocycles. The van der Waals surface area contributed by atoms with Crippen molar-refractivity contribution in [2.45, 2.75) is 39.3 Å². The Morgan fingerprint density at radius 3 is 2.74 bits per heavy atom. The second kappa shape index (κ2) is 6.62. The molecule has 2 heterocycles. The van der Waals surface area contributed by atoms with E-state index >= 15 is 0 Å². The summed E-state index contributed by atoms with van der Waals surface area (Å²) < 4.78 is 16.2. The Hall–Kier alpha value is -2.01. The molecule has 0 radical (unpaired) electrons. The highest BCUT2D eigenvalue weighted by molar-refractivity contribution is 5.43. The van der Waals surface area contributed by atoms with Crippen LogP contribution in [-0.2, 0) is 6.54 Å². The molecule has 0 aliphatic carbocycles. The minimum atomic E-state index is 0.351. The van der Waals surface area contributed by atoms with Gasteiger partial charge in [0.05, 0.1) is 19.9 Å². The average molecular weight is 316 g/mol. The minimum absolute atomic E-state index is 0.351. The lowest BCUT2D eigenvalue weighted by molar-refractivity contribution is 0.241. The fourth-order valence-corrected chi connectivity index (χ4v) is 3.39. The zero-order chi connectivity index (χ0) is 16.4. The van der Waals surface area contributed by atoms with Crippen LogP contribution >= 0.6 is 0 Å². The van der Waals surface area contributed by atoms with Gasteiger partial charge in [0.2, 0.25) is 0 Å². The van der Waals surface area contributed by atoms with Crippen LogP contribution in [0.1, 0.15) is 41.5 Å². The van der Waals surface area contributed by atoms with Crippen molar-refractivity contribution < 1.29 is 14.0 Å². The van der Waals surface area contributed by atoms with E-state index < -0.39 is 0 Å². The van der Waals surface area contributed by atoms with Gasteiger partial charge in [-0.3, -0.25) is 4.90 Å². The van der Waals surface area contributed by atoms with Crippen molar-refractivity contribution in [1.82, 2.24) is 10.1 Å². The highest BCUT2D eigenvalue weighted by Gasteiger charge is 2.29. The quantitative estimate of drug-likeness (QED) is 0.842. The summed E-state index contributed by atoms with van der Waals surface area (Å²) in [7, 11) is 3.39. The van der Waals surface area contributed by atoms with E-state index in [0.717, 1.165) is 42.5 Å². The van der Waals surface area contributed by atoms with Gasteiger partial charge in [-0.1, -0.05) is 11.2 Å². The molecule has 0 bridgehead atoms. The van der Waals surface area contributed by atoms with Crippen LogP contribution < -0.4 is 9.47 Å². The molecule has 2 aromatic rings. The van der Waals surface area contributed by atoms with Crippen molar-refractivity contribution in [2.75, 3.05) is 20.8 Å². The van der Waals surface area contributed by atoms with Gasteiger partial charge in [-0.05, 0) is 39.3 Å². The number of benzene rings is 1. The first kappa shape index (κ1) is 15.9. The lowest BCUT2D eigenvalue weighted by Gasteiger charge is -2.26. The first-order valence-electron chi connectivity index (χ1n) is 8.01. The number of aryl methyl sites for hydroxylation is 2. The van der Waals surface area contributed by atoms with Crippen LogP contribution in [-0.4, -0.2) is 30.8 Å². The predicted molar refractivity (Wildman–Crippen MR) is 87.9 cm³/mol. The molecule has 0 amide bonds. The van der Waals surface area contributed by atoms with Gasteiger partial charge in [0, 0.05) is 29.8 Å². The fourth-order valence-electron chi connectivity index (χ4n) is 3.39. The maximum absolute atomic E-state index is 5.59. The van der Waals surface area contributed by atoms with Crippen molar-refractivity contribution in [3.8, 4) is 11.5 Å². The number of nitrogens with zero attached hydrogens (tertiary/aromatic N) is 2. The van der Waals surface area contributed by atoms with Gasteiger partial charge >= 0.3 is 0 Å². The highest BCUT2D eigenvalue weighted by Crippen LogP contribution is 2.39. The monoisotopic (exact) mass is 316 g/mol. The summed E-state index contributed by atoms with van der Waals surface area (Å²) in [5.41, 5.74) is 3.40. The first-order valence-corrected chi connectivity index (χ1v) is 8.01. The fraction of sp³-hybridized carbons (Fsp3) is 0.500. The maximum atomic E-state index is 5.59. The lowest BCUT2D eigenvalue weighted by Crippen LogP contribution is -2.23. The Morgan fingerprint density at radius 1 is 1.26 bits per heavy atom. The third-order valence-electron chi connectivity index (χ3n) is 4.71. The Bertz CT molecular complexity index is 661. The molecular weight excluding hydrogens is 292 g/mol. The van der Waals surface area contributed by atoms with Gasteiger partial charge in [0.1, 0.15) is 17.3 Å². The third-order valence-corrected chi connectivity index (χ3v) is 4.71. The van der Waals surface area contributed by atoms with E-state index in [1.54, 1.807) is 14.2 Å². The Morgan fingerprint density at radius 2 is 2.09 bits per heavy atom. The number of hydrogen-bond donors (Lipinski definition) is 0. The van der Waals surface area contributed by atoms with Gasteiger partial charge < -0.3 is 14.0 Å². The molecule has 1 atom stereocenters. The smallest absolute Gasteiger partial charge is 0.138 e. The molecule has 0 spiro atoms. The number of likely N-dealkylation sites (tertiary alicyclic amines) is 1. The third kappa shape index (κ3) is 3.06. The summed E-state index contributed by atoms with van der Waals surface area (Å²) in [5, 5.41) is 4.07. The van der Waals surface area contributed by atoms with Gasteiger partial charge in [0.25, 0.3) is 0 Å². The van der Waals surface area contributed by atoms with Crippen LogP contribution in [0, 0.1) is 13.8 Å². The average Bonchev–Trinajstić information content (AvgIpc) is 3.16. The van der Waals surface area contributed by atoms with Gasteiger partial charge in [-0.25, -0.2) is 0 Å². The Labute approximate surface area is 137 Å². The normalized spacial score (nSPS) is 18.3. The van der Waals surface area contributed by atoms with E-state index in [4.69, 9.17) is 14.0 Å². The van der Waals surface area contributed by atoms with Gasteiger partial charge in [-0.2, -0.15) is 0 Å². The molecule has 0 N–H and O–H groups in total. The minimum Gasteiger partial charge on any atom is -0.497 e. The zero-order valence-electron chi connectivity index (χ0n) is 14.3. The molecule has 23 heavy (non-hydrogen) atoms. The highest BCUT2D eigenvalue weighted by atomic mass is 16.5. The molecule has 1 aliphatic rings. The van der Waals surface area contributed by atoms with Crippen LogP contribution in [0.25, 0.3) is 0 Å². The molecule has 5 nitrogen and oxygen atoms in total. The largest absolute Gasteiger partial charge is 0.497 e. The molecule has 3 rings (SSSR count). The van der Waals surface area contributed by atoms with Crippen molar-refractivity contribution >= 4 is 0 Å². The molecule has 5 heteroatoms. The second-order valence-electron chi connectivity index (χ2n) is 6.04. The number of rotatable bonds is 5. The summed E-state index contributed by atoms with van der Waals surface area (Å²) in [6.45, 7) is 5.92.